The Hall–Kier alpha value is -1.90. The summed E-state index contributed by atoms with van der Waals surface area (Å²) in [4.78, 5) is 4.29. The smallest absolute Gasteiger partial charge is 0.128 e. The summed E-state index contributed by atoms with van der Waals surface area (Å²) in [7, 11) is 1.83. The molecule has 2 nitrogen and oxygen atoms in total. The van der Waals surface area contributed by atoms with E-state index in [9.17, 15) is 4.39 Å². The first-order valence-electron chi connectivity index (χ1n) is 5.52. The second kappa shape index (κ2) is 4.53. The highest BCUT2D eigenvalue weighted by atomic mass is 19.1. The van der Waals surface area contributed by atoms with E-state index in [1.807, 2.05) is 26.1 Å². The molecule has 1 heterocycles. The molecule has 2 rings (SSSR count). The zero-order chi connectivity index (χ0) is 12.4. The van der Waals surface area contributed by atoms with Crippen LogP contribution in [0.25, 0.3) is 11.1 Å². The van der Waals surface area contributed by atoms with Crippen LogP contribution in [0.5, 0.6) is 0 Å². The number of rotatable bonds is 2. The number of pyridine rings is 1. The van der Waals surface area contributed by atoms with Crippen molar-refractivity contribution in [3.05, 3.63) is 47.4 Å². The molecule has 0 saturated carbocycles. The average molecular weight is 230 g/mol. The highest BCUT2D eigenvalue weighted by Crippen LogP contribution is 2.24. The molecule has 1 aromatic heterocycles. The molecular weight excluding hydrogens is 215 g/mol. The SMILES string of the molecule is CNc1ncc(-c2ccc(C)c(F)c2)cc1C. The van der Waals surface area contributed by atoms with Gasteiger partial charge in [0.25, 0.3) is 0 Å². The fourth-order valence-corrected chi connectivity index (χ4v) is 1.77. The third-order valence-electron chi connectivity index (χ3n) is 2.82. The summed E-state index contributed by atoms with van der Waals surface area (Å²) in [5.74, 6) is 0.666. The van der Waals surface area contributed by atoms with Gasteiger partial charge in [-0.05, 0) is 42.7 Å². The molecule has 0 aliphatic rings. The number of nitrogens with one attached hydrogen (secondary N) is 1. The number of hydrogen-bond acceptors (Lipinski definition) is 2. The fraction of sp³-hybridized carbons (Fsp3) is 0.214. The third kappa shape index (κ3) is 2.28. The van der Waals surface area contributed by atoms with Crippen molar-refractivity contribution >= 4 is 5.82 Å². The molecule has 0 aliphatic carbocycles. The third-order valence-corrected chi connectivity index (χ3v) is 2.82. The molecule has 0 unspecified atom stereocenters. The summed E-state index contributed by atoms with van der Waals surface area (Å²) in [6.07, 6.45) is 1.75. The van der Waals surface area contributed by atoms with Gasteiger partial charge in [-0.25, -0.2) is 9.37 Å². The maximum Gasteiger partial charge on any atom is 0.128 e. The van der Waals surface area contributed by atoms with Crippen LogP contribution in [-0.4, -0.2) is 12.0 Å². The Kier molecular flexibility index (Phi) is 3.09. The Balaban J connectivity index is 2.46. The van der Waals surface area contributed by atoms with Gasteiger partial charge < -0.3 is 5.32 Å². The van der Waals surface area contributed by atoms with Gasteiger partial charge in [-0.15, -0.1) is 0 Å². The largest absolute Gasteiger partial charge is 0.373 e. The van der Waals surface area contributed by atoms with Gasteiger partial charge in [-0.2, -0.15) is 0 Å². The lowest BCUT2D eigenvalue weighted by Crippen LogP contribution is -1.95. The average Bonchev–Trinajstić information content (AvgIpc) is 2.32. The molecule has 0 radical (unpaired) electrons. The van der Waals surface area contributed by atoms with Gasteiger partial charge in [-0.1, -0.05) is 12.1 Å². The van der Waals surface area contributed by atoms with E-state index in [2.05, 4.69) is 10.3 Å². The molecule has 17 heavy (non-hydrogen) atoms. The van der Waals surface area contributed by atoms with E-state index in [-0.39, 0.29) is 5.82 Å². The van der Waals surface area contributed by atoms with Crippen molar-refractivity contribution in [3.8, 4) is 11.1 Å². The van der Waals surface area contributed by atoms with E-state index in [4.69, 9.17) is 0 Å². The number of aromatic nitrogens is 1. The predicted molar refractivity (Wildman–Crippen MR) is 68.7 cm³/mol. The Morgan fingerprint density at radius 3 is 2.41 bits per heavy atom. The van der Waals surface area contributed by atoms with Gasteiger partial charge in [0.1, 0.15) is 11.6 Å². The first kappa shape index (κ1) is 11.6. The molecule has 0 fully saturated rings. The second-order valence-corrected chi connectivity index (χ2v) is 4.10. The minimum atomic E-state index is -0.183. The number of benzene rings is 1. The summed E-state index contributed by atoms with van der Waals surface area (Å²) >= 11 is 0. The maximum absolute atomic E-state index is 13.5. The van der Waals surface area contributed by atoms with E-state index in [1.54, 1.807) is 25.3 Å². The lowest BCUT2D eigenvalue weighted by atomic mass is 10.0. The minimum Gasteiger partial charge on any atom is -0.373 e. The van der Waals surface area contributed by atoms with Crippen LogP contribution in [0.15, 0.2) is 30.5 Å². The molecule has 0 saturated heterocycles. The van der Waals surface area contributed by atoms with Crippen molar-refractivity contribution in [1.29, 1.82) is 0 Å². The number of aryl methyl sites for hydroxylation is 2. The van der Waals surface area contributed by atoms with Crippen LogP contribution in [0.3, 0.4) is 0 Å². The van der Waals surface area contributed by atoms with Crippen LogP contribution in [0, 0.1) is 19.7 Å². The predicted octanol–water partition coefficient (Wildman–Crippen LogP) is 3.55. The highest BCUT2D eigenvalue weighted by molar-refractivity contribution is 5.66. The van der Waals surface area contributed by atoms with Crippen LogP contribution in [0.2, 0.25) is 0 Å². The van der Waals surface area contributed by atoms with E-state index in [0.717, 1.165) is 22.5 Å². The lowest BCUT2D eigenvalue weighted by Gasteiger charge is -2.07. The Morgan fingerprint density at radius 1 is 1.06 bits per heavy atom. The molecule has 2 aromatic rings. The van der Waals surface area contributed by atoms with E-state index < -0.39 is 0 Å². The molecule has 0 atom stereocenters. The van der Waals surface area contributed by atoms with Gasteiger partial charge in [-0.3, -0.25) is 0 Å². The fourth-order valence-electron chi connectivity index (χ4n) is 1.77. The van der Waals surface area contributed by atoms with E-state index in [0.29, 0.717) is 5.56 Å². The monoisotopic (exact) mass is 230 g/mol. The number of nitrogens with zero attached hydrogens (tertiary/aromatic N) is 1. The Morgan fingerprint density at radius 2 is 1.82 bits per heavy atom. The normalized spacial score (nSPS) is 10.4. The van der Waals surface area contributed by atoms with Gasteiger partial charge in [0.2, 0.25) is 0 Å². The van der Waals surface area contributed by atoms with Crippen LogP contribution in [-0.2, 0) is 0 Å². The number of hydrogen-bond donors (Lipinski definition) is 1. The summed E-state index contributed by atoms with van der Waals surface area (Å²) < 4.78 is 13.5. The summed E-state index contributed by atoms with van der Waals surface area (Å²) in [5.41, 5.74) is 3.49. The molecule has 3 heteroatoms. The standard InChI is InChI=1S/C14H15FN2/c1-9-4-5-11(7-13(9)15)12-6-10(2)14(16-3)17-8-12/h4-8H,1-3H3,(H,16,17). The zero-order valence-corrected chi connectivity index (χ0v) is 10.2. The van der Waals surface area contributed by atoms with Crippen molar-refractivity contribution in [2.75, 3.05) is 12.4 Å². The van der Waals surface area contributed by atoms with Crippen LogP contribution < -0.4 is 5.32 Å². The summed E-state index contributed by atoms with van der Waals surface area (Å²) in [6, 6.07) is 7.24. The van der Waals surface area contributed by atoms with Crippen molar-refractivity contribution in [2.45, 2.75) is 13.8 Å². The molecule has 0 bridgehead atoms. The highest BCUT2D eigenvalue weighted by Gasteiger charge is 2.04. The first-order chi connectivity index (χ1) is 8.11. The molecule has 88 valence electrons. The van der Waals surface area contributed by atoms with Gasteiger partial charge in [0.15, 0.2) is 0 Å². The molecule has 1 aromatic carbocycles. The molecule has 0 aliphatic heterocycles. The first-order valence-corrected chi connectivity index (χ1v) is 5.52. The maximum atomic E-state index is 13.5. The van der Waals surface area contributed by atoms with Crippen molar-refractivity contribution in [3.63, 3.8) is 0 Å². The van der Waals surface area contributed by atoms with Gasteiger partial charge >= 0.3 is 0 Å². The van der Waals surface area contributed by atoms with Gasteiger partial charge in [0, 0.05) is 18.8 Å². The molecular formula is C14H15FN2. The number of anilines is 1. The zero-order valence-electron chi connectivity index (χ0n) is 10.2. The van der Waals surface area contributed by atoms with E-state index in [1.165, 1.54) is 0 Å². The Labute approximate surface area is 101 Å². The van der Waals surface area contributed by atoms with E-state index >= 15 is 0 Å². The van der Waals surface area contributed by atoms with Crippen molar-refractivity contribution in [2.24, 2.45) is 0 Å². The summed E-state index contributed by atoms with van der Waals surface area (Å²) in [5, 5.41) is 3.01. The number of halogens is 1. The lowest BCUT2D eigenvalue weighted by molar-refractivity contribution is 0.619. The topological polar surface area (TPSA) is 24.9 Å². The minimum absolute atomic E-state index is 0.183. The molecule has 0 amide bonds. The quantitative estimate of drug-likeness (QED) is 0.853. The molecule has 1 N–H and O–H groups in total. The van der Waals surface area contributed by atoms with Gasteiger partial charge in [0.05, 0.1) is 0 Å². The van der Waals surface area contributed by atoms with Crippen molar-refractivity contribution < 1.29 is 4.39 Å². The summed E-state index contributed by atoms with van der Waals surface area (Å²) in [6.45, 7) is 3.74. The van der Waals surface area contributed by atoms with Crippen molar-refractivity contribution in [1.82, 2.24) is 4.98 Å². The Bertz CT molecular complexity index is 550. The molecule has 0 spiro atoms. The van der Waals surface area contributed by atoms with Crippen LogP contribution in [0.1, 0.15) is 11.1 Å². The van der Waals surface area contributed by atoms with Crippen LogP contribution in [0.4, 0.5) is 10.2 Å². The van der Waals surface area contributed by atoms with Crippen LogP contribution >= 0.6 is 0 Å². The second-order valence-electron chi connectivity index (χ2n) is 4.10.